The molecule has 1 heterocycles. The number of hydrogen-bond acceptors (Lipinski definition) is 5. The quantitative estimate of drug-likeness (QED) is 0.323. The van der Waals surface area contributed by atoms with Crippen LogP contribution < -0.4 is 21.3 Å². The SMILES string of the molecule is CSCC[C@H](NC(=O)c1ccc(CNC(=O)NC[C@@H]2CCC(=O)N2)cc1-c1ccccc1)C(=O)O. The second kappa shape index (κ2) is 12.8. The number of carbonyl (C=O) groups is 4. The van der Waals surface area contributed by atoms with Crippen LogP contribution >= 0.6 is 11.8 Å². The molecule has 3 rings (SSSR count). The molecule has 35 heavy (non-hydrogen) atoms. The zero-order valence-electron chi connectivity index (χ0n) is 19.5. The summed E-state index contributed by atoms with van der Waals surface area (Å²) in [7, 11) is 0. The lowest BCUT2D eigenvalue weighted by atomic mass is 9.96. The molecule has 2 aromatic carbocycles. The van der Waals surface area contributed by atoms with E-state index in [2.05, 4.69) is 21.3 Å². The van der Waals surface area contributed by atoms with Gasteiger partial charge in [-0.05, 0) is 53.7 Å². The van der Waals surface area contributed by atoms with Gasteiger partial charge in [0.2, 0.25) is 5.91 Å². The van der Waals surface area contributed by atoms with Gasteiger partial charge >= 0.3 is 12.0 Å². The van der Waals surface area contributed by atoms with Crippen LogP contribution in [0.5, 0.6) is 0 Å². The lowest BCUT2D eigenvalue weighted by Gasteiger charge is -2.17. The van der Waals surface area contributed by atoms with Crippen molar-refractivity contribution in [1.29, 1.82) is 0 Å². The summed E-state index contributed by atoms with van der Waals surface area (Å²) in [5.74, 6) is -0.928. The van der Waals surface area contributed by atoms with E-state index in [0.717, 1.165) is 11.1 Å². The molecule has 9 nitrogen and oxygen atoms in total. The number of thioether (sulfide) groups is 1. The number of hydrogen-bond donors (Lipinski definition) is 5. The molecule has 1 aliphatic heterocycles. The van der Waals surface area contributed by atoms with Crippen molar-refractivity contribution in [3.05, 3.63) is 59.7 Å². The molecule has 0 aromatic heterocycles. The van der Waals surface area contributed by atoms with Crippen LogP contribution in [-0.4, -0.2) is 59.6 Å². The van der Waals surface area contributed by atoms with E-state index >= 15 is 0 Å². The van der Waals surface area contributed by atoms with Gasteiger partial charge in [0, 0.05) is 31.1 Å². The van der Waals surface area contributed by atoms with E-state index in [-0.39, 0.29) is 24.5 Å². The Morgan fingerprint density at radius 3 is 2.57 bits per heavy atom. The van der Waals surface area contributed by atoms with Gasteiger partial charge in [0.25, 0.3) is 5.91 Å². The summed E-state index contributed by atoms with van der Waals surface area (Å²) in [6.45, 7) is 0.587. The van der Waals surface area contributed by atoms with Crippen molar-refractivity contribution in [2.75, 3.05) is 18.6 Å². The smallest absolute Gasteiger partial charge is 0.326 e. The molecule has 0 unspecified atom stereocenters. The average Bonchev–Trinajstić information content (AvgIpc) is 3.29. The van der Waals surface area contributed by atoms with Crippen LogP contribution in [0.25, 0.3) is 11.1 Å². The fourth-order valence-corrected chi connectivity index (χ4v) is 4.25. The maximum absolute atomic E-state index is 13.0. The number of nitrogens with one attached hydrogen (secondary N) is 4. The van der Waals surface area contributed by atoms with Crippen molar-refractivity contribution >= 4 is 35.6 Å². The van der Waals surface area contributed by atoms with Crippen molar-refractivity contribution in [1.82, 2.24) is 21.3 Å². The summed E-state index contributed by atoms with van der Waals surface area (Å²) < 4.78 is 0. The van der Waals surface area contributed by atoms with E-state index in [1.807, 2.05) is 42.7 Å². The van der Waals surface area contributed by atoms with Gasteiger partial charge in [-0.25, -0.2) is 9.59 Å². The third-order valence-electron chi connectivity index (χ3n) is 5.67. The van der Waals surface area contributed by atoms with Crippen LogP contribution in [0, 0.1) is 0 Å². The van der Waals surface area contributed by atoms with Gasteiger partial charge in [-0.3, -0.25) is 9.59 Å². The number of amides is 4. The molecule has 186 valence electrons. The first kappa shape index (κ1) is 26.1. The maximum atomic E-state index is 13.0. The Bertz CT molecular complexity index is 1060. The molecular weight excluding hydrogens is 468 g/mol. The molecule has 0 radical (unpaired) electrons. The van der Waals surface area contributed by atoms with Crippen LogP contribution in [-0.2, 0) is 16.1 Å². The molecule has 0 spiro atoms. The molecule has 0 aliphatic carbocycles. The predicted octanol–water partition coefficient (Wildman–Crippen LogP) is 2.37. The second-order valence-corrected chi connectivity index (χ2v) is 9.24. The highest BCUT2D eigenvalue weighted by Crippen LogP contribution is 2.25. The molecule has 10 heteroatoms. The summed E-state index contributed by atoms with van der Waals surface area (Å²) in [6, 6.07) is 13.1. The molecule has 2 aromatic rings. The van der Waals surface area contributed by atoms with Crippen LogP contribution in [0.2, 0.25) is 0 Å². The number of rotatable bonds is 11. The number of carboxylic acids is 1. The summed E-state index contributed by atoms with van der Waals surface area (Å²) in [4.78, 5) is 48.1. The monoisotopic (exact) mass is 498 g/mol. The Balaban J connectivity index is 1.70. The minimum atomic E-state index is -1.07. The van der Waals surface area contributed by atoms with Gasteiger partial charge in [-0.1, -0.05) is 36.4 Å². The number of aliphatic carboxylic acids is 1. The van der Waals surface area contributed by atoms with Crippen LogP contribution in [0.4, 0.5) is 4.79 Å². The van der Waals surface area contributed by atoms with Crippen molar-refractivity contribution in [3.8, 4) is 11.1 Å². The minimum absolute atomic E-state index is 0.00583. The molecule has 0 saturated carbocycles. The number of urea groups is 1. The van der Waals surface area contributed by atoms with Crippen molar-refractivity contribution in [2.24, 2.45) is 0 Å². The van der Waals surface area contributed by atoms with E-state index in [9.17, 15) is 24.3 Å². The highest BCUT2D eigenvalue weighted by molar-refractivity contribution is 7.98. The molecule has 1 aliphatic rings. The molecule has 0 bridgehead atoms. The topological polar surface area (TPSA) is 137 Å². The van der Waals surface area contributed by atoms with E-state index in [4.69, 9.17) is 0 Å². The number of carbonyl (C=O) groups excluding carboxylic acids is 3. The Morgan fingerprint density at radius 2 is 1.91 bits per heavy atom. The zero-order chi connectivity index (χ0) is 25.2. The van der Waals surface area contributed by atoms with Crippen molar-refractivity contribution in [2.45, 2.75) is 37.9 Å². The maximum Gasteiger partial charge on any atom is 0.326 e. The van der Waals surface area contributed by atoms with E-state index in [1.54, 1.807) is 12.1 Å². The summed E-state index contributed by atoms with van der Waals surface area (Å²) in [5, 5.41) is 20.5. The van der Waals surface area contributed by atoms with Crippen LogP contribution in [0.3, 0.4) is 0 Å². The Morgan fingerprint density at radius 1 is 1.14 bits per heavy atom. The lowest BCUT2D eigenvalue weighted by molar-refractivity contribution is -0.139. The standard InChI is InChI=1S/C25H30N4O5S/c1-35-12-11-21(24(32)33)29-23(31)19-9-7-16(13-20(19)17-5-3-2-4-6-17)14-26-25(34)27-15-18-8-10-22(30)28-18/h2-7,9,13,18,21H,8,10-12,14-15H2,1H3,(H,28,30)(H,29,31)(H,32,33)(H2,26,27,34)/t18-,21-/m0/s1. The third kappa shape index (κ3) is 7.74. The first-order valence-corrected chi connectivity index (χ1v) is 12.8. The van der Waals surface area contributed by atoms with Gasteiger partial charge in [0.1, 0.15) is 6.04 Å². The Kier molecular flexibility index (Phi) is 9.54. The van der Waals surface area contributed by atoms with Crippen molar-refractivity contribution < 1.29 is 24.3 Å². The van der Waals surface area contributed by atoms with Gasteiger partial charge in [-0.2, -0.15) is 11.8 Å². The fraction of sp³-hybridized carbons (Fsp3) is 0.360. The van der Waals surface area contributed by atoms with E-state index in [1.165, 1.54) is 11.8 Å². The highest BCUT2D eigenvalue weighted by atomic mass is 32.2. The van der Waals surface area contributed by atoms with Gasteiger partial charge in [-0.15, -0.1) is 0 Å². The summed E-state index contributed by atoms with van der Waals surface area (Å²) in [5.41, 5.74) is 2.58. The molecule has 2 atom stereocenters. The lowest BCUT2D eigenvalue weighted by Crippen LogP contribution is -2.42. The summed E-state index contributed by atoms with van der Waals surface area (Å²) >= 11 is 1.52. The Labute approximate surface area is 208 Å². The highest BCUT2D eigenvalue weighted by Gasteiger charge is 2.23. The Hall–Kier alpha value is -3.53. The molecule has 1 saturated heterocycles. The van der Waals surface area contributed by atoms with E-state index < -0.39 is 17.9 Å². The number of benzene rings is 2. The van der Waals surface area contributed by atoms with Crippen LogP contribution in [0.1, 0.15) is 35.2 Å². The predicted molar refractivity (Wildman–Crippen MR) is 135 cm³/mol. The van der Waals surface area contributed by atoms with Gasteiger partial charge in [0.05, 0.1) is 0 Å². The molecule has 1 fully saturated rings. The first-order chi connectivity index (χ1) is 16.9. The van der Waals surface area contributed by atoms with E-state index in [0.29, 0.717) is 42.7 Å². The zero-order valence-corrected chi connectivity index (χ0v) is 20.3. The second-order valence-electron chi connectivity index (χ2n) is 8.26. The minimum Gasteiger partial charge on any atom is -0.480 e. The normalized spacial score (nSPS) is 15.7. The van der Waals surface area contributed by atoms with Crippen molar-refractivity contribution in [3.63, 3.8) is 0 Å². The fourth-order valence-electron chi connectivity index (χ4n) is 3.78. The van der Waals surface area contributed by atoms with Gasteiger partial charge < -0.3 is 26.4 Å². The number of carboxylic acid groups (broad SMARTS) is 1. The molecule has 4 amide bonds. The first-order valence-electron chi connectivity index (χ1n) is 11.4. The van der Waals surface area contributed by atoms with Gasteiger partial charge in [0.15, 0.2) is 0 Å². The molecule has 5 N–H and O–H groups in total. The third-order valence-corrected chi connectivity index (χ3v) is 6.32. The average molecular weight is 499 g/mol. The molecular formula is C25H30N4O5S. The van der Waals surface area contributed by atoms with Crippen LogP contribution in [0.15, 0.2) is 48.5 Å². The largest absolute Gasteiger partial charge is 0.480 e. The summed E-state index contributed by atoms with van der Waals surface area (Å²) in [6.07, 6.45) is 3.38.